The van der Waals surface area contributed by atoms with E-state index in [9.17, 15) is 4.79 Å². The second kappa shape index (κ2) is 8.05. The van der Waals surface area contributed by atoms with Crippen molar-refractivity contribution in [2.24, 2.45) is 0 Å². The highest BCUT2D eigenvalue weighted by molar-refractivity contribution is 8.00. The van der Waals surface area contributed by atoms with Crippen molar-refractivity contribution in [3.05, 3.63) is 91.0 Å². The standard InChI is InChI=1S/C25H18N2O2S/c28-23(16-30-18-9-2-1-3-10-18)26-21-13-7-6-12-20(21)25-27-22-15-14-17-8-4-5-11-19(17)24(22)29-25/h1-15H,16H2,(H,26,28). The summed E-state index contributed by atoms with van der Waals surface area (Å²) in [5.41, 5.74) is 3.00. The highest BCUT2D eigenvalue weighted by atomic mass is 32.2. The number of oxazole rings is 1. The van der Waals surface area contributed by atoms with E-state index in [1.807, 2.05) is 84.9 Å². The average molecular weight is 410 g/mol. The van der Waals surface area contributed by atoms with Gasteiger partial charge in [0.1, 0.15) is 5.52 Å². The molecule has 1 aromatic heterocycles. The van der Waals surface area contributed by atoms with Crippen LogP contribution in [0.5, 0.6) is 0 Å². The van der Waals surface area contributed by atoms with Gasteiger partial charge in [-0.2, -0.15) is 0 Å². The van der Waals surface area contributed by atoms with Gasteiger partial charge in [0, 0.05) is 10.3 Å². The number of amides is 1. The molecule has 1 heterocycles. The number of anilines is 1. The third-order valence-corrected chi connectivity index (χ3v) is 5.84. The van der Waals surface area contributed by atoms with Crippen molar-refractivity contribution in [3.8, 4) is 11.5 Å². The van der Waals surface area contributed by atoms with E-state index in [4.69, 9.17) is 4.42 Å². The molecule has 0 atom stereocenters. The summed E-state index contributed by atoms with van der Waals surface area (Å²) in [5, 5.41) is 5.13. The van der Waals surface area contributed by atoms with E-state index in [-0.39, 0.29) is 5.91 Å². The van der Waals surface area contributed by atoms with E-state index >= 15 is 0 Å². The molecule has 0 saturated carbocycles. The summed E-state index contributed by atoms with van der Waals surface area (Å²) >= 11 is 1.50. The Morgan fingerprint density at radius 2 is 1.63 bits per heavy atom. The second-order valence-electron chi connectivity index (χ2n) is 6.85. The molecule has 5 heteroatoms. The second-order valence-corrected chi connectivity index (χ2v) is 7.90. The molecule has 0 bridgehead atoms. The van der Waals surface area contributed by atoms with Crippen molar-refractivity contribution >= 4 is 45.2 Å². The number of para-hydroxylation sites is 1. The van der Waals surface area contributed by atoms with Gasteiger partial charge in [-0.05, 0) is 35.7 Å². The number of carbonyl (C=O) groups is 1. The molecule has 0 fully saturated rings. The molecule has 0 unspecified atom stereocenters. The number of nitrogens with one attached hydrogen (secondary N) is 1. The number of benzene rings is 4. The Bertz CT molecular complexity index is 1350. The third kappa shape index (κ3) is 3.67. The minimum absolute atomic E-state index is 0.0714. The molecule has 4 nitrogen and oxygen atoms in total. The Kier molecular flexibility index (Phi) is 4.95. The summed E-state index contributed by atoms with van der Waals surface area (Å²) in [5.74, 6) is 0.752. The minimum Gasteiger partial charge on any atom is -0.435 e. The Balaban J connectivity index is 1.43. The first-order chi connectivity index (χ1) is 14.8. The van der Waals surface area contributed by atoms with Crippen LogP contribution in [0.25, 0.3) is 33.3 Å². The van der Waals surface area contributed by atoms with Crippen molar-refractivity contribution in [2.45, 2.75) is 4.90 Å². The molecule has 1 amide bonds. The number of hydrogen-bond acceptors (Lipinski definition) is 4. The highest BCUT2D eigenvalue weighted by Gasteiger charge is 2.15. The molecular weight excluding hydrogens is 392 g/mol. The quantitative estimate of drug-likeness (QED) is 0.342. The number of hydrogen-bond donors (Lipinski definition) is 1. The van der Waals surface area contributed by atoms with Crippen molar-refractivity contribution in [3.63, 3.8) is 0 Å². The Morgan fingerprint density at radius 1 is 0.867 bits per heavy atom. The zero-order valence-corrected chi connectivity index (χ0v) is 16.9. The predicted octanol–water partition coefficient (Wildman–Crippen LogP) is 6.38. The van der Waals surface area contributed by atoms with Gasteiger partial charge in [0.05, 0.1) is 17.0 Å². The molecule has 5 aromatic rings. The summed E-state index contributed by atoms with van der Waals surface area (Å²) in [7, 11) is 0. The van der Waals surface area contributed by atoms with Crippen LogP contribution in [0.1, 0.15) is 0 Å². The number of fused-ring (bicyclic) bond motifs is 3. The first-order valence-electron chi connectivity index (χ1n) is 9.63. The fourth-order valence-electron chi connectivity index (χ4n) is 3.40. The lowest BCUT2D eigenvalue weighted by Crippen LogP contribution is -2.14. The van der Waals surface area contributed by atoms with Crippen LogP contribution in [0.15, 0.2) is 100 Å². The lowest BCUT2D eigenvalue weighted by molar-refractivity contribution is -0.113. The van der Waals surface area contributed by atoms with E-state index in [2.05, 4.69) is 16.4 Å². The number of nitrogens with zero attached hydrogens (tertiary/aromatic N) is 1. The van der Waals surface area contributed by atoms with Gasteiger partial charge in [0.2, 0.25) is 11.8 Å². The van der Waals surface area contributed by atoms with Crippen molar-refractivity contribution in [1.29, 1.82) is 0 Å². The van der Waals surface area contributed by atoms with E-state index in [0.29, 0.717) is 17.3 Å². The van der Waals surface area contributed by atoms with Crippen LogP contribution in [-0.4, -0.2) is 16.6 Å². The van der Waals surface area contributed by atoms with Crippen LogP contribution in [0, 0.1) is 0 Å². The fraction of sp³-hybridized carbons (Fsp3) is 0.0400. The largest absolute Gasteiger partial charge is 0.435 e. The normalized spacial score (nSPS) is 11.1. The summed E-state index contributed by atoms with van der Waals surface area (Å²) in [6, 6.07) is 29.5. The number of thioether (sulfide) groups is 1. The van der Waals surface area contributed by atoms with Gasteiger partial charge >= 0.3 is 0 Å². The SMILES string of the molecule is O=C(CSc1ccccc1)Nc1ccccc1-c1nc2ccc3ccccc3c2o1. The van der Waals surface area contributed by atoms with Gasteiger partial charge in [-0.25, -0.2) is 4.98 Å². The van der Waals surface area contributed by atoms with Crippen LogP contribution >= 0.6 is 11.8 Å². The van der Waals surface area contributed by atoms with Crippen molar-refractivity contribution in [1.82, 2.24) is 4.98 Å². The van der Waals surface area contributed by atoms with Gasteiger partial charge in [-0.1, -0.05) is 60.7 Å². The fourth-order valence-corrected chi connectivity index (χ4v) is 4.12. The summed E-state index contributed by atoms with van der Waals surface area (Å²) in [6.07, 6.45) is 0. The molecule has 0 saturated heterocycles. The molecular formula is C25H18N2O2S. The van der Waals surface area contributed by atoms with Gasteiger partial charge < -0.3 is 9.73 Å². The Hall–Kier alpha value is -3.57. The lowest BCUT2D eigenvalue weighted by Gasteiger charge is -2.08. The Morgan fingerprint density at radius 3 is 2.53 bits per heavy atom. The maximum atomic E-state index is 12.5. The van der Waals surface area contributed by atoms with Crippen LogP contribution in [0.2, 0.25) is 0 Å². The molecule has 5 rings (SSSR count). The first kappa shape index (κ1) is 18.5. The number of rotatable bonds is 5. The third-order valence-electron chi connectivity index (χ3n) is 4.82. The first-order valence-corrected chi connectivity index (χ1v) is 10.6. The number of aromatic nitrogens is 1. The summed E-state index contributed by atoms with van der Waals surface area (Å²) in [6.45, 7) is 0. The van der Waals surface area contributed by atoms with Gasteiger partial charge in [0.25, 0.3) is 0 Å². The molecule has 0 radical (unpaired) electrons. The number of carbonyl (C=O) groups excluding carboxylic acids is 1. The molecule has 1 N–H and O–H groups in total. The van der Waals surface area contributed by atoms with Crippen LogP contribution in [0.4, 0.5) is 5.69 Å². The van der Waals surface area contributed by atoms with Crippen molar-refractivity contribution < 1.29 is 9.21 Å². The molecule has 4 aromatic carbocycles. The highest BCUT2D eigenvalue weighted by Crippen LogP contribution is 2.33. The van der Waals surface area contributed by atoms with Gasteiger partial charge in [-0.3, -0.25) is 4.79 Å². The Labute approximate surface area is 177 Å². The molecule has 146 valence electrons. The van der Waals surface area contributed by atoms with Gasteiger partial charge in [0.15, 0.2) is 5.58 Å². The zero-order valence-electron chi connectivity index (χ0n) is 16.0. The smallest absolute Gasteiger partial charge is 0.234 e. The topological polar surface area (TPSA) is 55.1 Å². The molecule has 0 aliphatic carbocycles. The van der Waals surface area contributed by atoms with E-state index in [0.717, 1.165) is 32.3 Å². The molecule has 0 spiro atoms. The van der Waals surface area contributed by atoms with E-state index in [1.165, 1.54) is 11.8 Å². The predicted molar refractivity (Wildman–Crippen MR) is 123 cm³/mol. The van der Waals surface area contributed by atoms with E-state index < -0.39 is 0 Å². The van der Waals surface area contributed by atoms with Crippen LogP contribution in [-0.2, 0) is 4.79 Å². The van der Waals surface area contributed by atoms with Crippen molar-refractivity contribution in [2.75, 3.05) is 11.1 Å². The molecule has 0 aliphatic heterocycles. The van der Waals surface area contributed by atoms with Gasteiger partial charge in [-0.15, -0.1) is 11.8 Å². The monoisotopic (exact) mass is 410 g/mol. The minimum atomic E-state index is -0.0714. The summed E-state index contributed by atoms with van der Waals surface area (Å²) in [4.78, 5) is 18.3. The van der Waals surface area contributed by atoms with Crippen LogP contribution in [0.3, 0.4) is 0 Å². The van der Waals surface area contributed by atoms with Crippen LogP contribution < -0.4 is 5.32 Å². The zero-order chi connectivity index (χ0) is 20.3. The maximum absolute atomic E-state index is 12.5. The lowest BCUT2D eigenvalue weighted by atomic mass is 10.1. The molecule has 0 aliphatic rings. The average Bonchev–Trinajstić information content (AvgIpc) is 3.23. The van der Waals surface area contributed by atoms with E-state index in [1.54, 1.807) is 0 Å². The summed E-state index contributed by atoms with van der Waals surface area (Å²) < 4.78 is 6.15. The molecule has 30 heavy (non-hydrogen) atoms. The maximum Gasteiger partial charge on any atom is 0.234 e.